The molecule has 2 N–H and O–H groups in total. The number of likely N-dealkylation sites (tertiary alicyclic amines) is 1. The first kappa shape index (κ1) is 19.3. The molecule has 0 aliphatic carbocycles. The van der Waals surface area contributed by atoms with Crippen molar-refractivity contribution in [3.05, 3.63) is 53.5 Å². The molecule has 6 heteroatoms. The summed E-state index contributed by atoms with van der Waals surface area (Å²) in [7, 11) is 1.64. The number of aryl methyl sites for hydroxylation is 1. The number of carbonyl (C=O) groups excluding carboxylic acids is 1. The van der Waals surface area contributed by atoms with Crippen LogP contribution in [0.15, 0.2) is 41.0 Å². The fraction of sp³-hybridized carbons (Fsp3) is 0.476. The number of hydrogen-bond acceptors (Lipinski definition) is 4. The molecule has 2 unspecified atom stereocenters. The van der Waals surface area contributed by atoms with Gasteiger partial charge in [0.25, 0.3) is 0 Å². The maximum atomic E-state index is 12.5. The van der Waals surface area contributed by atoms with Crippen molar-refractivity contribution in [3.8, 4) is 5.75 Å². The molecule has 2 heterocycles. The average Bonchev–Trinajstić information content (AvgIpc) is 3.36. The minimum absolute atomic E-state index is 0.0667. The number of methoxy groups -OCH3 is 1. The number of ether oxygens (including phenoxy) is 1. The normalized spacial score (nSPS) is 16.7. The first-order valence-electron chi connectivity index (χ1n) is 9.55. The van der Waals surface area contributed by atoms with E-state index >= 15 is 0 Å². The van der Waals surface area contributed by atoms with Crippen molar-refractivity contribution in [2.24, 2.45) is 0 Å². The molecule has 1 aromatic carbocycles. The van der Waals surface area contributed by atoms with Gasteiger partial charge in [0.15, 0.2) is 0 Å². The largest absolute Gasteiger partial charge is 0.496 e. The Hall–Kier alpha value is -2.47. The third-order valence-corrected chi connectivity index (χ3v) is 5.11. The smallest absolute Gasteiger partial charge is 0.315 e. The van der Waals surface area contributed by atoms with Gasteiger partial charge in [-0.2, -0.15) is 0 Å². The van der Waals surface area contributed by atoms with Crippen molar-refractivity contribution in [1.29, 1.82) is 0 Å². The second-order valence-corrected chi connectivity index (χ2v) is 7.10. The molecule has 1 aromatic heterocycles. The summed E-state index contributed by atoms with van der Waals surface area (Å²) in [6.07, 6.45) is 4.06. The third kappa shape index (κ3) is 4.83. The van der Waals surface area contributed by atoms with E-state index in [2.05, 4.69) is 15.5 Å². The number of urea groups is 1. The van der Waals surface area contributed by atoms with Crippen molar-refractivity contribution in [1.82, 2.24) is 15.5 Å². The minimum atomic E-state index is -0.193. The third-order valence-electron chi connectivity index (χ3n) is 5.11. The fourth-order valence-electron chi connectivity index (χ4n) is 3.65. The number of nitrogens with zero attached hydrogens (tertiary/aromatic N) is 1. The molecule has 6 nitrogen and oxygen atoms in total. The number of furan rings is 1. The van der Waals surface area contributed by atoms with E-state index < -0.39 is 0 Å². The Morgan fingerprint density at radius 3 is 2.74 bits per heavy atom. The molecule has 1 aliphatic heterocycles. The maximum Gasteiger partial charge on any atom is 0.315 e. The summed E-state index contributed by atoms with van der Waals surface area (Å²) >= 11 is 0. The predicted molar refractivity (Wildman–Crippen MR) is 105 cm³/mol. The summed E-state index contributed by atoms with van der Waals surface area (Å²) in [6.45, 7) is 6.56. The van der Waals surface area contributed by atoms with Gasteiger partial charge in [0.2, 0.25) is 0 Å². The lowest BCUT2D eigenvalue weighted by Gasteiger charge is -2.26. The van der Waals surface area contributed by atoms with Crippen LogP contribution in [-0.4, -0.2) is 37.7 Å². The first-order valence-corrected chi connectivity index (χ1v) is 9.55. The van der Waals surface area contributed by atoms with E-state index in [9.17, 15) is 4.79 Å². The number of hydrogen-bond donors (Lipinski definition) is 2. The summed E-state index contributed by atoms with van der Waals surface area (Å²) < 4.78 is 11.0. The topological polar surface area (TPSA) is 66.7 Å². The van der Waals surface area contributed by atoms with Crippen LogP contribution >= 0.6 is 0 Å². The van der Waals surface area contributed by atoms with E-state index in [-0.39, 0.29) is 18.1 Å². The van der Waals surface area contributed by atoms with E-state index in [1.807, 2.05) is 44.2 Å². The Morgan fingerprint density at radius 1 is 1.30 bits per heavy atom. The van der Waals surface area contributed by atoms with Gasteiger partial charge in [0.05, 0.1) is 25.5 Å². The van der Waals surface area contributed by atoms with E-state index in [1.54, 1.807) is 13.4 Å². The Morgan fingerprint density at radius 2 is 2.07 bits per heavy atom. The monoisotopic (exact) mass is 371 g/mol. The zero-order chi connectivity index (χ0) is 19.2. The van der Waals surface area contributed by atoms with Crippen molar-refractivity contribution in [2.75, 3.05) is 26.7 Å². The van der Waals surface area contributed by atoms with Gasteiger partial charge in [-0.3, -0.25) is 4.90 Å². The van der Waals surface area contributed by atoms with Crippen LogP contribution in [0.4, 0.5) is 4.79 Å². The van der Waals surface area contributed by atoms with Crippen LogP contribution in [0.5, 0.6) is 5.75 Å². The Balaban J connectivity index is 1.60. The first-order chi connectivity index (χ1) is 13.1. The highest BCUT2D eigenvalue weighted by molar-refractivity contribution is 5.74. The van der Waals surface area contributed by atoms with Crippen LogP contribution in [0.1, 0.15) is 48.7 Å². The molecule has 2 aromatic rings. The van der Waals surface area contributed by atoms with E-state index in [1.165, 1.54) is 12.8 Å². The lowest BCUT2D eigenvalue weighted by Crippen LogP contribution is -2.42. The van der Waals surface area contributed by atoms with Crippen molar-refractivity contribution < 1.29 is 13.9 Å². The lowest BCUT2D eigenvalue weighted by atomic mass is 10.0. The number of benzene rings is 1. The van der Waals surface area contributed by atoms with Crippen LogP contribution in [-0.2, 0) is 0 Å². The van der Waals surface area contributed by atoms with Crippen LogP contribution in [0.3, 0.4) is 0 Å². The van der Waals surface area contributed by atoms with Crippen LogP contribution in [0, 0.1) is 6.92 Å². The zero-order valence-corrected chi connectivity index (χ0v) is 16.3. The van der Waals surface area contributed by atoms with Gasteiger partial charge in [-0.05, 0) is 58.0 Å². The number of rotatable bonds is 7. The molecular formula is C21H29N3O3. The Kier molecular flexibility index (Phi) is 6.40. The van der Waals surface area contributed by atoms with Crippen LogP contribution in [0.25, 0.3) is 0 Å². The Labute approximate surface area is 160 Å². The molecular weight excluding hydrogens is 342 g/mol. The minimum Gasteiger partial charge on any atom is -0.496 e. The molecule has 1 saturated heterocycles. The highest BCUT2D eigenvalue weighted by Crippen LogP contribution is 2.27. The standard InChI is InChI=1S/C21H29N3O3/c1-15-8-9-19(26-3)17(13-15)16(2)23-21(25)22-14-18(20-7-6-12-27-20)24-10-4-5-11-24/h6-9,12-13,16,18H,4-5,10-11,14H2,1-3H3,(H2,22,23,25). The molecule has 0 spiro atoms. The predicted octanol–water partition coefficient (Wildman–Crippen LogP) is 3.79. The van der Waals surface area contributed by atoms with E-state index in [0.717, 1.165) is 35.7 Å². The maximum absolute atomic E-state index is 12.5. The highest BCUT2D eigenvalue weighted by atomic mass is 16.5. The molecule has 0 bridgehead atoms. The Bertz CT molecular complexity index is 739. The number of carbonyl (C=O) groups is 1. The molecule has 3 rings (SSSR count). The summed E-state index contributed by atoms with van der Waals surface area (Å²) in [5, 5.41) is 6.02. The number of nitrogens with one attached hydrogen (secondary N) is 2. The highest BCUT2D eigenvalue weighted by Gasteiger charge is 2.26. The van der Waals surface area contributed by atoms with Gasteiger partial charge in [0, 0.05) is 12.1 Å². The quantitative estimate of drug-likeness (QED) is 0.777. The van der Waals surface area contributed by atoms with Gasteiger partial charge in [-0.15, -0.1) is 0 Å². The molecule has 0 saturated carbocycles. The van der Waals surface area contributed by atoms with Gasteiger partial charge in [-0.1, -0.05) is 17.7 Å². The van der Waals surface area contributed by atoms with Crippen LogP contribution < -0.4 is 15.4 Å². The zero-order valence-electron chi connectivity index (χ0n) is 16.3. The molecule has 1 fully saturated rings. The van der Waals surface area contributed by atoms with Crippen molar-refractivity contribution in [3.63, 3.8) is 0 Å². The summed E-state index contributed by atoms with van der Waals surface area (Å²) in [4.78, 5) is 14.9. The van der Waals surface area contributed by atoms with Crippen molar-refractivity contribution >= 4 is 6.03 Å². The van der Waals surface area contributed by atoms with Crippen molar-refractivity contribution in [2.45, 2.75) is 38.8 Å². The molecule has 2 atom stereocenters. The second kappa shape index (κ2) is 8.95. The van der Waals surface area contributed by atoms with E-state index in [4.69, 9.17) is 9.15 Å². The van der Waals surface area contributed by atoms with Gasteiger partial charge in [0.1, 0.15) is 11.5 Å². The second-order valence-electron chi connectivity index (χ2n) is 7.10. The van der Waals surface area contributed by atoms with E-state index in [0.29, 0.717) is 6.54 Å². The number of amides is 2. The average molecular weight is 371 g/mol. The molecule has 146 valence electrons. The summed E-state index contributed by atoms with van der Waals surface area (Å²) in [5.41, 5.74) is 2.10. The van der Waals surface area contributed by atoms with Crippen LogP contribution in [0.2, 0.25) is 0 Å². The SMILES string of the molecule is COc1ccc(C)cc1C(C)NC(=O)NCC(c1ccco1)N1CCCC1. The molecule has 1 aliphatic rings. The lowest BCUT2D eigenvalue weighted by molar-refractivity contribution is 0.202. The molecule has 27 heavy (non-hydrogen) atoms. The fourth-order valence-corrected chi connectivity index (χ4v) is 3.65. The molecule has 0 radical (unpaired) electrons. The summed E-state index contributed by atoms with van der Waals surface area (Å²) in [5.74, 6) is 1.67. The summed E-state index contributed by atoms with van der Waals surface area (Å²) in [6, 6.07) is 9.56. The molecule has 2 amide bonds. The van der Waals surface area contributed by atoms with Gasteiger partial charge in [-0.25, -0.2) is 4.79 Å². The van der Waals surface area contributed by atoms with Gasteiger partial charge < -0.3 is 19.8 Å². The van der Waals surface area contributed by atoms with Gasteiger partial charge >= 0.3 is 6.03 Å².